The lowest BCUT2D eigenvalue weighted by molar-refractivity contribution is -0.115. The van der Waals surface area contributed by atoms with Gasteiger partial charge in [0.05, 0.1) is 13.5 Å². The van der Waals surface area contributed by atoms with E-state index in [0.29, 0.717) is 6.42 Å². The van der Waals surface area contributed by atoms with Crippen LogP contribution >= 0.6 is 15.9 Å². The van der Waals surface area contributed by atoms with Crippen LogP contribution in [0.25, 0.3) is 0 Å². The Morgan fingerprint density at radius 3 is 2.71 bits per heavy atom. The summed E-state index contributed by atoms with van der Waals surface area (Å²) in [4.78, 5) is 12.4. The van der Waals surface area contributed by atoms with Gasteiger partial charge in [-0.15, -0.1) is 0 Å². The molecule has 110 valence electrons. The summed E-state index contributed by atoms with van der Waals surface area (Å²) >= 11 is 3.54. The summed E-state index contributed by atoms with van der Waals surface area (Å²) < 4.78 is 5.17. The van der Waals surface area contributed by atoms with E-state index in [1.807, 2.05) is 55.5 Å². The second-order valence-corrected chi connectivity index (χ2v) is 6.15. The Kier molecular flexibility index (Phi) is 5.39. The van der Waals surface area contributed by atoms with Crippen LogP contribution in [0.4, 0.5) is 5.69 Å². The maximum absolute atomic E-state index is 12.2. The minimum atomic E-state index is -0.0381. The quantitative estimate of drug-likeness (QED) is 0.817. The fraction of sp³-hybridized carbons (Fsp3) is 0.235. The van der Waals surface area contributed by atoms with Crippen LogP contribution in [0.5, 0.6) is 5.75 Å². The monoisotopic (exact) mass is 347 g/mol. The number of alkyl halides is 1. The van der Waals surface area contributed by atoms with E-state index in [-0.39, 0.29) is 10.7 Å². The first kappa shape index (κ1) is 15.6. The van der Waals surface area contributed by atoms with E-state index in [2.05, 4.69) is 21.2 Å². The molecular formula is C17H18BrNO2. The number of amides is 1. The van der Waals surface area contributed by atoms with Crippen LogP contribution in [0.15, 0.2) is 48.5 Å². The Bertz CT molecular complexity index is 626. The first-order valence-corrected chi connectivity index (χ1v) is 7.67. The van der Waals surface area contributed by atoms with Gasteiger partial charge in [-0.2, -0.15) is 0 Å². The molecule has 1 N–H and O–H groups in total. The Morgan fingerprint density at radius 1 is 1.24 bits per heavy atom. The molecule has 3 nitrogen and oxygen atoms in total. The zero-order chi connectivity index (χ0) is 15.2. The molecule has 0 spiro atoms. The van der Waals surface area contributed by atoms with E-state index in [1.165, 1.54) is 0 Å². The normalized spacial score (nSPS) is 11.8. The number of methoxy groups -OCH3 is 1. The van der Waals surface area contributed by atoms with Crippen LogP contribution in [0.1, 0.15) is 22.9 Å². The van der Waals surface area contributed by atoms with Crippen molar-refractivity contribution in [2.75, 3.05) is 12.4 Å². The molecular weight excluding hydrogens is 330 g/mol. The van der Waals surface area contributed by atoms with Crippen molar-refractivity contribution in [1.82, 2.24) is 0 Å². The topological polar surface area (TPSA) is 38.3 Å². The molecule has 0 saturated carbocycles. The van der Waals surface area contributed by atoms with Gasteiger partial charge in [-0.3, -0.25) is 4.79 Å². The molecule has 0 bridgehead atoms. The molecule has 0 fully saturated rings. The molecule has 0 aromatic heterocycles. The summed E-state index contributed by atoms with van der Waals surface area (Å²) in [5.41, 5.74) is 2.84. The maximum atomic E-state index is 12.2. The molecule has 2 rings (SSSR count). The fourth-order valence-corrected chi connectivity index (χ4v) is 2.52. The SMILES string of the molecule is COc1cccc(CC(=O)Nc2ccccc2C(C)Br)c1. The van der Waals surface area contributed by atoms with Crippen molar-refractivity contribution >= 4 is 27.5 Å². The van der Waals surface area contributed by atoms with Crippen molar-refractivity contribution < 1.29 is 9.53 Å². The molecule has 0 aliphatic carbocycles. The summed E-state index contributed by atoms with van der Waals surface area (Å²) in [6, 6.07) is 15.3. The summed E-state index contributed by atoms with van der Waals surface area (Å²) in [6.07, 6.45) is 0.322. The molecule has 0 aliphatic heterocycles. The number of ether oxygens (including phenoxy) is 1. The lowest BCUT2D eigenvalue weighted by Crippen LogP contribution is -2.15. The predicted octanol–water partition coefficient (Wildman–Crippen LogP) is 4.33. The third-order valence-corrected chi connectivity index (χ3v) is 3.66. The summed E-state index contributed by atoms with van der Waals surface area (Å²) in [5, 5.41) is 2.97. The van der Waals surface area contributed by atoms with Crippen molar-refractivity contribution in [3.8, 4) is 5.75 Å². The zero-order valence-corrected chi connectivity index (χ0v) is 13.7. The molecule has 4 heteroatoms. The number of para-hydroxylation sites is 1. The minimum absolute atomic E-state index is 0.0381. The Labute approximate surface area is 133 Å². The average molecular weight is 348 g/mol. The minimum Gasteiger partial charge on any atom is -0.497 e. The van der Waals surface area contributed by atoms with E-state index in [0.717, 1.165) is 22.6 Å². The van der Waals surface area contributed by atoms with E-state index < -0.39 is 0 Å². The molecule has 21 heavy (non-hydrogen) atoms. The van der Waals surface area contributed by atoms with Crippen LogP contribution < -0.4 is 10.1 Å². The molecule has 0 heterocycles. The third-order valence-electron chi connectivity index (χ3n) is 3.16. The van der Waals surface area contributed by atoms with Crippen LogP contribution in [-0.2, 0) is 11.2 Å². The number of carbonyl (C=O) groups is 1. The van der Waals surface area contributed by atoms with Gasteiger partial charge < -0.3 is 10.1 Å². The number of hydrogen-bond acceptors (Lipinski definition) is 2. The van der Waals surface area contributed by atoms with E-state index >= 15 is 0 Å². The van der Waals surface area contributed by atoms with Gasteiger partial charge in [-0.05, 0) is 36.2 Å². The highest BCUT2D eigenvalue weighted by Gasteiger charge is 2.10. The van der Waals surface area contributed by atoms with Crippen LogP contribution in [-0.4, -0.2) is 13.0 Å². The first-order valence-electron chi connectivity index (χ1n) is 6.76. The summed E-state index contributed by atoms with van der Waals surface area (Å²) in [5.74, 6) is 0.721. The van der Waals surface area contributed by atoms with Crippen molar-refractivity contribution in [2.24, 2.45) is 0 Å². The molecule has 0 saturated heterocycles. The van der Waals surface area contributed by atoms with Crippen LogP contribution in [0, 0.1) is 0 Å². The molecule has 0 radical (unpaired) electrons. The smallest absolute Gasteiger partial charge is 0.228 e. The van der Waals surface area contributed by atoms with Crippen molar-refractivity contribution in [1.29, 1.82) is 0 Å². The molecule has 1 amide bonds. The van der Waals surface area contributed by atoms with Crippen molar-refractivity contribution in [2.45, 2.75) is 18.2 Å². The van der Waals surface area contributed by atoms with Gasteiger partial charge in [0.15, 0.2) is 0 Å². The van der Waals surface area contributed by atoms with Crippen molar-refractivity contribution in [3.05, 3.63) is 59.7 Å². The molecule has 2 aromatic rings. The first-order chi connectivity index (χ1) is 10.1. The molecule has 0 aliphatic rings. The Balaban J connectivity index is 2.08. The lowest BCUT2D eigenvalue weighted by atomic mass is 10.1. The highest BCUT2D eigenvalue weighted by Crippen LogP contribution is 2.28. The van der Waals surface area contributed by atoms with Crippen LogP contribution in [0.3, 0.4) is 0 Å². The van der Waals surface area contributed by atoms with Gasteiger partial charge in [-0.1, -0.05) is 46.3 Å². The number of hydrogen-bond donors (Lipinski definition) is 1. The molecule has 1 unspecified atom stereocenters. The maximum Gasteiger partial charge on any atom is 0.228 e. The van der Waals surface area contributed by atoms with E-state index in [9.17, 15) is 4.79 Å². The van der Waals surface area contributed by atoms with E-state index in [4.69, 9.17) is 4.74 Å². The highest BCUT2D eigenvalue weighted by molar-refractivity contribution is 9.09. The number of anilines is 1. The predicted molar refractivity (Wildman–Crippen MR) is 89.1 cm³/mol. The number of rotatable bonds is 5. The summed E-state index contributed by atoms with van der Waals surface area (Å²) in [6.45, 7) is 2.03. The second kappa shape index (κ2) is 7.27. The fourth-order valence-electron chi connectivity index (χ4n) is 2.12. The number of halogens is 1. The van der Waals surface area contributed by atoms with Gasteiger partial charge in [-0.25, -0.2) is 0 Å². The largest absolute Gasteiger partial charge is 0.497 e. The van der Waals surface area contributed by atoms with Crippen molar-refractivity contribution in [3.63, 3.8) is 0 Å². The van der Waals surface area contributed by atoms with Gasteiger partial charge >= 0.3 is 0 Å². The Hall–Kier alpha value is -1.81. The third kappa shape index (κ3) is 4.33. The van der Waals surface area contributed by atoms with Gasteiger partial charge in [0, 0.05) is 10.5 Å². The Morgan fingerprint density at radius 2 is 2.00 bits per heavy atom. The van der Waals surface area contributed by atoms with Gasteiger partial charge in [0.25, 0.3) is 0 Å². The second-order valence-electron chi connectivity index (χ2n) is 4.78. The number of benzene rings is 2. The standard InChI is InChI=1S/C17H18BrNO2/c1-12(18)15-8-3-4-9-16(15)19-17(20)11-13-6-5-7-14(10-13)21-2/h3-10,12H,11H2,1-2H3,(H,19,20). The molecule has 1 atom stereocenters. The summed E-state index contributed by atoms with van der Waals surface area (Å²) in [7, 11) is 1.62. The molecule has 2 aromatic carbocycles. The lowest BCUT2D eigenvalue weighted by Gasteiger charge is -2.13. The average Bonchev–Trinajstić information content (AvgIpc) is 2.47. The van der Waals surface area contributed by atoms with Gasteiger partial charge in [0.1, 0.15) is 5.75 Å². The zero-order valence-electron chi connectivity index (χ0n) is 12.1. The van der Waals surface area contributed by atoms with E-state index in [1.54, 1.807) is 7.11 Å². The number of carbonyl (C=O) groups excluding carboxylic acids is 1. The highest BCUT2D eigenvalue weighted by atomic mass is 79.9. The van der Waals surface area contributed by atoms with Crippen LogP contribution in [0.2, 0.25) is 0 Å². The number of nitrogens with one attached hydrogen (secondary N) is 1. The van der Waals surface area contributed by atoms with Gasteiger partial charge in [0.2, 0.25) is 5.91 Å².